The third-order valence-corrected chi connectivity index (χ3v) is 4.75. The fourth-order valence-corrected chi connectivity index (χ4v) is 3.50. The number of rotatable bonds is 5. The standard InChI is InChI=1S/C22H26N4O3/c1-15-7-6-8-17(11-15)23-21(28)13-25(3)14-22(29)26-16(2)12-20(27)24-18-9-4-5-10-19(18)26/h4-11,16H,12-14H2,1-3H3,(H,23,28)(H,24,27)/t16-/m1/s1. The number of fused-ring (bicyclic) bond motifs is 1. The third kappa shape index (κ3) is 5.20. The third-order valence-electron chi connectivity index (χ3n) is 4.75. The number of anilines is 3. The smallest absolute Gasteiger partial charge is 0.241 e. The molecule has 2 aromatic rings. The molecular weight excluding hydrogens is 368 g/mol. The van der Waals surface area contributed by atoms with Gasteiger partial charge < -0.3 is 15.5 Å². The van der Waals surface area contributed by atoms with Crippen molar-refractivity contribution in [2.45, 2.75) is 26.3 Å². The Morgan fingerprint density at radius 2 is 1.93 bits per heavy atom. The van der Waals surface area contributed by atoms with Gasteiger partial charge in [0.1, 0.15) is 0 Å². The lowest BCUT2D eigenvalue weighted by Crippen LogP contribution is -2.45. The molecule has 1 heterocycles. The first kappa shape index (κ1) is 20.5. The predicted molar refractivity (Wildman–Crippen MR) is 114 cm³/mol. The Morgan fingerprint density at radius 1 is 1.17 bits per heavy atom. The number of hydrogen-bond acceptors (Lipinski definition) is 4. The predicted octanol–water partition coefficient (Wildman–Crippen LogP) is 2.63. The minimum atomic E-state index is -0.277. The van der Waals surface area contributed by atoms with E-state index in [-0.39, 0.29) is 43.3 Å². The van der Waals surface area contributed by atoms with Crippen LogP contribution in [0.4, 0.5) is 17.1 Å². The molecule has 0 saturated carbocycles. The molecule has 0 aromatic heterocycles. The van der Waals surface area contributed by atoms with E-state index < -0.39 is 0 Å². The molecule has 0 unspecified atom stereocenters. The van der Waals surface area contributed by atoms with Crippen LogP contribution in [0.1, 0.15) is 18.9 Å². The Hall–Kier alpha value is -3.19. The molecule has 3 amide bonds. The molecular formula is C22H26N4O3. The van der Waals surface area contributed by atoms with E-state index in [1.807, 2.05) is 56.3 Å². The minimum absolute atomic E-state index is 0.0636. The molecule has 3 rings (SSSR count). The van der Waals surface area contributed by atoms with Crippen molar-refractivity contribution in [1.82, 2.24) is 4.90 Å². The first-order valence-corrected chi connectivity index (χ1v) is 9.59. The van der Waals surface area contributed by atoms with E-state index in [0.717, 1.165) is 11.3 Å². The van der Waals surface area contributed by atoms with Crippen molar-refractivity contribution in [3.63, 3.8) is 0 Å². The lowest BCUT2D eigenvalue weighted by atomic mass is 10.1. The molecule has 1 aliphatic rings. The maximum Gasteiger partial charge on any atom is 0.241 e. The average molecular weight is 394 g/mol. The summed E-state index contributed by atoms with van der Waals surface area (Å²) in [5, 5.41) is 5.69. The van der Waals surface area contributed by atoms with Crippen LogP contribution < -0.4 is 15.5 Å². The molecule has 1 atom stereocenters. The van der Waals surface area contributed by atoms with E-state index in [1.54, 1.807) is 22.9 Å². The maximum atomic E-state index is 13.0. The zero-order chi connectivity index (χ0) is 21.0. The second-order valence-corrected chi connectivity index (χ2v) is 7.47. The van der Waals surface area contributed by atoms with Gasteiger partial charge in [0.25, 0.3) is 0 Å². The summed E-state index contributed by atoms with van der Waals surface area (Å²) in [6.07, 6.45) is 0.220. The summed E-state index contributed by atoms with van der Waals surface area (Å²) in [7, 11) is 1.73. The van der Waals surface area contributed by atoms with Crippen LogP contribution in [0.15, 0.2) is 48.5 Å². The van der Waals surface area contributed by atoms with Gasteiger partial charge in [0.05, 0.1) is 24.5 Å². The SMILES string of the molecule is Cc1cccc(NC(=O)CN(C)CC(=O)N2c3ccccc3NC(=O)C[C@H]2C)c1. The quantitative estimate of drug-likeness (QED) is 0.817. The molecule has 2 N–H and O–H groups in total. The van der Waals surface area contributed by atoms with Crippen LogP contribution in [0.2, 0.25) is 0 Å². The number of aryl methyl sites for hydroxylation is 1. The van der Waals surface area contributed by atoms with Crippen LogP contribution in [0.25, 0.3) is 0 Å². The Bertz CT molecular complexity index is 928. The van der Waals surface area contributed by atoms with E-state index in [2.05, 4.69) is 10.6 Å². The summed E-state index contributed by atoms with van der Waals surface area (Å²) in [5.74, 6) is -0.467. The van der Waals surface area contributed by atoms with Crippen LogP contribution in [0.5, 0.6) is 0 Å². The molecule has 1 aliphatic heterocycles. The van der Waals surface area contributed by atoms with Crippen LogP contribution in [0.3, 0.4) is 0 Å². The normalized spacial score (nSPS) is 16.1. The van der Waals surface area contributed by atoms with E-state index in [9.17, 15) is 14.4 Å². The van der Waals surface area contributed by atoms with Gasteiger partial charge in [-0.1, -0.05) is 24.3 Å². The molecule has 7 nitrogen and oxygen atoms in total. The Labute approximate surface area is 170 Å². The summed E-state index contributed by atoms with van der Waals surface area (Å²) < 4.78 is 0. The van der Waals surface area contributed by atoms with Crippen molar-refractivity contribution in [2.24, 2.45) is 0 Å². The second-order valence-electron chi connectivity index (χ2n) is 7.47. The van der Waals surface area contributed by atoms with Gasteiger partial charge in [-0.2, -0.15) is 0 Å². The monoisotopic (exact) mass is 394 g/mol. The summed E-state index contributed by atoms with van der Waals surface area (Å²) in [5.41, 5.74) is 3.08. The summed E-state index contributed by atoms with van der Waals surface area (Å²) >= 11 is 0. The van der Waals surface area contributed by atoms with Gasteiger partial charge in [-0.15, -0.1) is 0 Å². The van der Waals surface area contributed by atoms with Crippen LogP contribution in [-0.2, 0) is 14.4 Å². The van der Waals surface area contributed by atoms with E-state index >= 15 is 0 Å². The highest BCUT2D eigenvalue weighted by Gasteiger charge is 2.30. The minimum Gasteiger partial charge on any atom is -0.325 e. The number of amides is 3. The first-order valence-electron chi connectivity index (χ1n) is 9.59. The Balaban J connectivity index is 1.65. The molecule has 0 spiro atoms. The maximum absolute atomic E-state index is 13.0. The molecule has 152 valence electrons. The molecule has 0 bridgehead atoms. The van der Waals surface area contributed by atoms with Crippen LogP contribution in [-0.4, -0.2) is 48.8 Å². The van der Waals surface area contributed by atoms with Gasteiger partial charge in [-0.25, -0.2) is 0 Å². The lowest BCUT2D eigenvalue weighted by Gasteiger charge is -2.29. The van der Waals surface area contributed by atoms with Crippen LogP contribution in [0, 0.1) is 6.92 Å². The van der Waals surface area contributed by atoms with E-state index in [0.29, 0.717) is 11.4 Å². The highest BCUT2D eigenvalue weighted by atomic mass is 16.2. The molecule has 0 saturated heterocycles. The number of carbonyl (C=O) groups excluding carboxylic acids is 3. The zero-order valence-corrected chi connectivity index (χ0v) is 16.9. The van der Waals surface area contributed by atoms with Crippen molar-refractivity contribution in [1.29, 1.82) is 0 Å². The van der Waals surface area contributed by atoms with Gasteiger partial charge >= 0.3 is 0 Å². The molecule has 0 aliphatic carbocycles. The number of carbonyl (C=O) groups is 3. The van der Waals surface area contributed by atoms with Gasteiger partial charge in [-0.05, 0) is 50.7 Å². The van der Waals surface area contributed by atoms with Gasteiger partial charge in [0, 0.05) is 18.2 Å². The lowest BCUT2D eigenvalue weighted by molar-refractivity contribution is -0.121. The number of para-hydroxylation sites is 2. The van der Waals surface area contributed by atoms with E-state index in [4.69, 9.17) is 0 Å². The topological polar surface area (TPSA) is 81.8 Å². The average Bonchev–Trinajstić information content (AvgIpc) is 2.75. The molecule has 0 radical (unpaired) electrons. The largest absolute Gasteiger partial charge is 0.325 e. The highest BCUT2D eigenvalue weighted by Crippen LogP contribution is 2.31. The fraction of sp³-hybridized carbons (Fsp3) is 0.318. The number of nitrogens with one attached hydrogen (secondary N) is 2. The van der Waals surface area contributed by atoms with Gasteiger partial charge in [0.2, 0.25) is 17.7 Å². The Morgan fingerprint density at radius 3 is 2.69 bits per heavy atom. The summed E-state index contributed by atoms with van der Waals surface area (Å²) in [4.78, 5) is 40.7. The summed E-state index contributed by atoms with van der Waals surface area (Å²) in [6.45, 7) is 3.96. The summed E-state index contributed by atoms with van der Waals surface area (Å²) in [6, 6.07) is 14.5. The first-order chi connectivity index (χ1) is 13.8. The van der Waals surface area contributed by atoms with Gasteiger partial charge in [0.15, 0.2) is 0 Å². The van der Waals surface area contributed by atoms with Crippen molar-refractivity contribution in [2.75, 3.05) is 35.7 Å². The molecule has 29 heavy (non-hydrogen) atoms. The van der Waals surface area contributed by atoms with Gasteiger partial charge in [-0.3, -0.25) is 19.3 Å². The number of nitrogens with zero attached hydrogens (tertiary/aromatic N) is 2. The second kappa shape index (κ2) is 8.87. The highest BCUT2D eigenvalue weighted by molar-refractivity contribution is 6.05. The fourth-order valence-electron chi connectivity index (χ4n) is 3.50. The van der Waals surface area contributed by atoms with Crippen molar-refractivity contribution in [3.05, 3.63) is 54.1 Å². The van der Waals surface area contributed by atoms with E-state index in [1.165, 1.54) is 0 Å². The molecule has 0 fully saturated rings. The molecule has 7 heteroatoms. The van der Waals surface area contributed by atoms with Crippen molar-refractivity contribution >= 4 is 34.8 Å². The number of likely N-dealkylation sites (N-methyl/N-ethyl adjacent to an activating group) is 1. The van der Waals surface area contributed by atoms with Crippen molar-refractivity contribution in [3.8, 4) is 0 Å². The van der Waals surface area contributed by atoms with Crippen LogP contribution >= 0.6 is 0 Å². The zero-order valence-electron chi connectivity index (χ0n) is 16.9. The Kier molecular flexibility index (Phi) is 6.29. The van der Waals surface area contributed by atoms with Crippen molar-refractivity contribution < 1.29 is 14.4 Å². The number of hydrogen-bond donors (Lipinski definition) is 2. The molecule has 2 aromatic carbocycles. The number of benzene rings is 2.